The van der Waals surface area contributed by atoms with Crippen molar-refractivity contribution in [2.75, 3.05) is 0 Å². The van der Waals surface area contributed by atoms with Crippen molar-refractivity contribution in [3.8, 4) is 0 Å². The average molecular weight is 326 g/mol. The van der Waals surface area contributed by atoms with Crippen LogP contribution < -0.4 is 5.56 Å². The Balaban J connectivity index is 2.32. The molecule has 6 nitrogen and oxygen atoms in total. The molecular weight excluding hydrogens is 314 g/mol. The first kappa shape index (κ1) is 15.5. The second-order valence-electron chi connectivity index (χ2n) is 4.18. The van der Waals surface area contributed by atoms with Crippen molar-refractivity contribution in [1.29, 1.82) is 0 Å². The Morgan fingerprint density at radius 1 is 1.43 bits per heavy atom. The number of pyridine rings is 1. The Morgan fingerprint density at radius 3 is 2.86 bits per heavy atom. The molecule has 2 N–H and O–H groups in total. The fraction of sp³-hybridized carbons (Fsp3) is 0.231. The monoisotopic (exact) mass is 325 g/mol. The number of hydrogen-bond donors (Lipinski definition) is 2. The first-order valence-electron chi connectivity index (χ1n) is 6.17. The van der Waals surface area contributed by atoms with Crippen LogP contribution in [0.5, 0.6) is 0 Å². The largest absolute Gasteiger partial charge is 0.476 e. The van der Waals surface area contributed by atoms with E-state index in [9.17, 15) is 9.59 Å². The van der Waals surface area contributed by atoms with Crippen LogP contribution in [-0.4, -0.2) is 26.0 Å². The van der Waals surface area contributed by atoms with E-state index in [1.54, 1.807) is 6.07 Å². The number of carboxylic acid groups (broad SMARTS) is 1. The number of hydrogen-bond acceptors (Lipinski definition) is 5. The number of aromatic carboxylic acids is 1. The lowest BCUT2D eigenvalue weighted by atomic mass is 10.2. The van der Waals surface area contributed by atoms with Crippen molar-refractivity contribution >= 4 is 29.3 Å². The predicted octanol–water partition coefficient (Wildman–Crippen LogP) is 2.62. The highest BCUT2D eigenvalue weighted by Crippen LogP contribution is 2.25. The van der Waals surface area contributed by atoms with Gasteiger partial charge in [0.15, 0.2) is 10.9 Å². The van der Waals surface area contributed by atoms with Crippen LogP contribution in [-0.2, 0) is 6.42 Å². The normalized spacial score (nSPS) is 10.6. The molecule has 21 heavy (non-hydrogen) atoms. The van der Waals surface area contributed by atoms with Gasteiger partial charge in [0.1, 0.15) is 5.03 Å². The van der Waals surface area contributed by atoms with Crippen LogP contribution in [0.4, 0.5) is 0 Å². The summed E-state index contributed by atoms with van der Waals surface area (Å²) < 4.78 is 0. The van der Waals surface area contributed by atoms with Crippen LogP contribution in [0.3, 0.4) is 0 Å². The number of halogens is 1. The third kappa shape index (κ3) is 4.05. The van der Waals surface area contributed by atoms with Crippen LogP contribution in [0, 0.1) is 0 Å². The zero-order valence-corrected chi connectivity index (χ0v) is 12.7. The molecule has 8 heteroatoms. The third-order valence-electron chi connectivity index (χ3n) is 2.50. The summed E-state index contributed by atoms with van der Waals surface area (Å²) in [7, 11) is 0. The summed E-state index contributed by atoms with van der Waals surface area (Å²) in [5, 5.41) is 9.82. The number of carboxylic acids is 1. The molecular formula is C13H12ClN3O3S. The highest BCUT2D eigenvalue weighted by atomic mass is 35.5. The Labute approximate surface area is 129 Å². The molecule has 2 heterocycles. The number of aromatic amines is 1. The molecule has 0 saturated carbocycles. The molecule has 110 valence electrons. The van der Waals surface area contributed by atoms with E-state index in [0.717, 1.165) is 18.2 Å². The summed E-state index contributed by atoms with van der Waals surface area (Å²) in [4.78, 5) is 33.4. The molecule has 2 aromatic heterocycles. The zero-order valence-electron chi connectivity index (χ0n) is 11.1. The van der Waals surface area contributed by atoms with E-state index in [4.69, 9.17) is 16.7 Å². The quantitative estimate of drug-likeness (QED) is 0.820. The van der Waals surface area contributed by atoms with Gasteiger partial charge in [-0.25, -0.2) is 14.8 Å². The lowest BCUT2D eigenvalue weighted by Crippen LogP contribution is -2.10. The Bertz CT molecular complexity index is 733. The van der Waals surface area contributed by atoms with Gasteiger partial charge in [-0.15, -0.1) is 0 Å². The summed E-state index contributed by atoms with van der Waals surface area (Å²) in [6.07, 6.45) is 1.58. The molecule has 0 aromatic carbocycles. The maximum Gasteiger partial charge on any atom is 0.356 e. The molecule has 0 spiro atoms. The van der Waals surface area contributed by atoms with Crippen molar-refractivity contribution in [3.05, 3.63) is 45.0 Å². The molecule has 0 bridgehead atoms. The summed E-state index contributed by atoms with van der Waals surface area (Å²) in [5.74, 6) is -1.20. The van der Waals surface area contributed by atoms with E-state index >= 15 is 0 Å². The molecule has 0 radical (unpaired) electrons. The van der Waals surface area contributed by atoms with Crippen molar-refractivity contribution in [3.63, 3.8) is 0 Å². The lowest BCUT2D eigenvalue weighted by Gasteiger charge is -2.04. The van der Waals surface area contributed by atoms with Crippen molar-refractivity contribution < 1.29 is 9.90 Å². The Hall–Kier alpha value is -1.86. The second-order valence-corrected chi connectivity index (χ2v) is 5.60. The van der Waals surface area contributed by atoms with Crippen LogP contribution in [0.1, 0.15) is 29.5 Å². The van der Waals surface area contributed by atoms with Gasteiger partial charge in [0.2, 0.25) is 0 Å². The fourth-order valence-electron chi connectivity index (χ4n) is 1.65. The molecule has 2 aromatic rings. The molecule has 0 fully saturated rings. The maximum absolute atomic E-state index is 11.6. The fourth-order valence-corrected chi connectivity index (χ4v) is 2.62. The van der Waals surface area contributed by atoms with Gasteiger partial charge in [-0.1, -0.05) is 24.9 Å². The average Bonchev–Trinajstić information content (AvgIpc) is 2.40. The molecule has 0 atom stereocenters. The third-order valence-corrected chi connectivity index (χ3v) is 3.63. The van der Waals surface area contributed by atoms with Crippen LogP contribution >= 0.6 is 23.4 Å². The molecule has 0 aliphatic heterocycles. The highest BCUT2D eigenvalue weighted by Gasteiger charge is 2.13. The molecule has 0 aliphatic carbocycles. The number of aryl methyl sites for hydroxylation is 1. The zero-order chi connectivity index (χ0) is 15.4. The maximum atomic E-state index is 11.6. The number of nitrogens with one attached hydrogen (secondary N) is 1. The topological polar surface area (TPSA) is 95.9 Å². The summed E-state index contributed by atoms with van der Waals surface area (Å²) in [5.41, 5.74) is 0.216. The molecule has 0 saturated heterocycles. The number of carbonyl (C=O) groups is 1. The van der Waals surface area contributed by atoms with Gasteiger partial charge in [0, 0.05) is 11.8 Å². The molecule has 0 amide bonds. The number of rotatable bonds is 5. The second kappa shape index (κ2) is 6.73. The smallest absolute Gasteiger partial charge is 0.356 e. The molecule has 0 aliphatic rings. The van der Waals surface area contributed by atoms with Crippen LogP contribution in [0.2, 0.25) is 5.02 Å². The Morgan fingerprint density at radius 2 is 2.19 bits per heavy atom. The summed E-state index contributed by atoms with van der Waals surface area (Å²) in [6.45, 7) is 2.00. The lowest BCUT2D eigenvalue weighted by molar-refractivity contribution is 0.0690. The SMILES string of the molecule is CCCc1cc(=O)[nH]c(Sc2ccc(Cl)c(C(=O)O)n2)n1. The van der Waals surface area contributed by atoms with Crippen molar-refractivity contribution in [2.45, 2.75) is 29.9 Å². The van der Waals surface area contributed by atoms with E-state index in [-0.39, 0.29) is 16.3 Å². The minimum atomic E-state index is -1.20. The van der Waals surface area contributed by atoms with E-state index < -0.39 is 5.97 Å². The van der Waals surface area contributed by atoms with Gasteiger partial charge >= 0.3 is 5.97 Å². The summed E-state index contributed by atoms with van der Waals surface area (Å²) >= 11 is 6.84. The van der Waals surface area contributed by atoms with Crippen molar-refractivity contribution in [2.24, 2.45) is 0 Å². The van der Waals surface area contributed by atoms with Gasteiger partial charge in [0.05, 0.1) is 5.02 Å². The van der Waals surface area contributed by atoms with E-state index in [0.29, 0.717) is 22.3 Å². The predicted molar refractivity (Wildman–Crippen MR) is 79.2 cm³/mol. The van der Waals surface area contributed by atoms with E-state index in [2.05, 4.69) is 15.0 Å². The van der Waals surface area contributed by atoms with Crippen LogP contribution in [0.15, 0.2) is 33.2 Å². The number of nitrogens with zero attached hydrogens (tertiary/aromatic N) is 2. The first-order valence-corrected chi connectivity index (χ1v) is 7.37. The number of H-pyrrole nitrogens is 1. The minimum absolute atomic E-state index is 0.0630. The van der Waals surface area contributed by atoms with E-state index in [1.165, 1.54) is 12.1 Å². The minimum Gasteiger partial charge on any atom is -0.476 e. The molecule has 2 rings (SSSR count). The van der Waals surface area contributed by atoms with Gasteiger partial charge < -0.3 is 10.1 Å². The standard InChI is InChI=1S/C13H12ClN3O3S/c1-2-3-7-6-9(18)16-13(15-7)21-10-5-4-8(14)11(17-10)12(19)20/h4-6H,2-3H2,1H3,(H,19,20)(H,15,16,18). The Kier molecular flexibility index (Phi) is 4.98. The summed E-state index contributed by atoms with van der Waals surface area (Å²) in [6, 6.07) is 4.48. The molecule has 0 unspecified atom stereocenters. The number of aromatic nitrogens is 3. The van der Waals surface area contributed by atoms with Gasteiger partial charge in [-0.2, -0.15) is 0 Å². The van der Waals surface area contributed by atoms with E-state index in [1.807, 2.05) is 6.92 Å². The van der Waals surface area contributed by atoms with Gasteiger partial charge in [0.25, 0.3) is 5.56 Å². The van der Waals surface area contributed by atoms with Gasteiger partial charge in [-0.3, -0.25) is 4.79 Å². The highest BCUT2D eigenvalue weighted by molar-refractivity contribution is 7.99. The van der Waals surface area contributed by atoms with Crippen LogP contribution in [0.25, 0.3) is 0 Å². The first-order chi connectivity index (χ1) is 9.99. The van der Waals surface area contributed by atoms with Gasteiger partial charge in [-0.05, 0) is 30.3 Å². The van der Waals surface area contributed by atoms with Crippen molar-refractivity contribution in [1.82, 2.24) is 15.0 Å².